The molecule has 1 N–H and O–H groups in total. The first-order valence-electron chi connectivity index (χ1n) is 4.58. The SMILES string of the molecule is CCC1CCN(C(C)=O)C1C(=O)O. The maximum absolute atomic E-state index is 11.1. The Bertz CT molecular complexity index is 227. The predicted molar refractivity (Wildman–Crippen MR) is 47.2 cm³/mol. The van der Waals surface area contributed by atoms with Crippen LogP contribution in [0.15, 0.2) is 0 Å². The molecule has 0 spiro atoms. The highest BCUT2D eigenvalue weighted by Crippen LogP contribution is 2.27. The first kappa shape index (κ1) is 10.0. The van der Waals surface area contributed by atoms with Gasteiger partial charge in [-0.3, -0.25) is 4.79 Å². The molecular weight excluding hydrogens is 170 g/mol. The summed E-state index contributed by atoms with van der Waals surface area (Å²) >= 11 is 0. The minimum absolute atomic E-state index is 0.126. The minimum atomic E-state index is -0.875. The van der Waals surface area contributed by atoms with E-state index < -0.39 is 12.0 Å². The smallest absolute Gasteiger partial charge is 0.326 e. The second kappa shape index (κ2) is 3.77. The summed E-state index contributed by atoms with van der Waals surface area (Å²) in [4.78, 5) is 23.4. The van der Waals surface area contributed by atoms with Crippen LogP contribution in [0.2, 0.25) is 0 Å². The summed E-state index contributed by atoms with van der Waals surface area (Å²) in [6, 6.07) is -0.595. The molecule has 2 atom stereocenters. The van der Waals surface area contributed by atoms with Crippen LogP contribution in [0.3, 0.4) is 0 Å². The molecule has 74 valence electrons. The lowest BCUT2D eigenvalue weighted by Crippen LogP contribution is -2.42. The number of likely N-dealkylation sites (tertiary alicyclic amines) is 1. The lowest BCUT2D eigenvalue weighted by atomic mass is 9.98. The Hall–Kier alpha value is -1.06. The Balaban J connectivity index is 2.78. The molecule has 0 aromatic heterocycles. The van der Waals surface area contributed by atoms with E-state index in [0.717, 1.165) is 12.8 Å². The van der Waals surface area contributed by atoms with Crippen molar-refractivity contribution in [2.24, 2.45) is 5.92 Å². The lowest BCUT2D eigenvalue weighted by Gasteiger charge is -2.22. The fourth-order valence-corrected chi connectivity index (χ4v) is 1.97. The second-order valence-electron chi connectivity index (χ2n) is 3.45. The van der Waals surface area contributed by atoms with Crippen LogP contribution in [0.25, 0.3) is 0 Å². The van der Waals surface area contributed by atoms with Gasteiger partial charge in [-0.05, 0) is 12.3 Å². The van der Waals surface area contributed by atoms with Crippen LogP contribution in [-0.4, -0.2) is 34.5 Å². The van der Waals surface area contributed by atoms with Gasteiger partial charge in [0.15, 0.2) is 0 Å². The van der Waals surface area contributed by atoms with Crippen molar-refractivity contribution in [1.82, 2.24) is 4.90 Å². The first-order chi connectivity index (χ1) is 6.07. The number of hydrogen-bond acceptors (Lipinski definition) is 2. The van der Waals surface area contributed by atoms with Gasteiger partial charge in [-0.2, -0.15) is 0 Å². The number of carbonyl (C=O) groups is 2. The Labute approximate surface area is 77.5 Å². The van der Waals surface area contributed by atoms with Gasteiger partial charge in [0.25, 0.3) is 0 Å². The maximum Gasteiger partial charge on any atom is 0.326 e. The molecule has 1 aliphatic heterocycles. The van der Waals surface area contributed by atoms with Crippen LogP contribution < -0.4 is 0 Å². The molecule has 0 aliphatic carbocycles. The third-order valence-electron chi connectivity index (χ3n) is 2.70. The molecule has 0 aromatic rings. The number of carboxylic acid groups (broad SMARTS) is 1. The van der Waals surface area contributed by atoms with E-state index in [2.05, 4.69) is 0 Å². The normalized spacial score (nSPS) is 27.7. The summed E-state index contributed by atoms with van der Waals surface area (Å²) in [5.74, 6) is -0.885. The van der Waals surface area contributed by atoms with Crippen LogP contribution in [0.4, 0.5) is 0 Å². The molecule has 0 aromatic carbocycles. The summed E-state index contributed by atoms with van der Waals surface area (Å²) < 4.78 is 0. The summed E-state index contributed by atoms with van der Waals surface area (Å²) in [5, 5.41) is 8.94. The van der Waals surface area contributed by atoms with Crippen molar-refractivity contribution < 1.29 is 14.7 Å². The third kappa shape index (κ3) is 1.82. The van der Waals surface area contributed by atoms with Crippen molar-refractivity contribution in [2.75, 3.05) is 6.54 Å². The standard InChI is InChI=1S/C9H15NO3/c1-3-7-4-5-10(6(2)11)8(7)9(12)13/h7-8H,3-5H2,1-2H3,(H,12,13). The molecule has 1 heterocycles. The van der Waals surface area contributed by atoms with E-state index in [0.29, 0.717) is 6.54 Å². The van der Waals surface area contributed by atoms with Crippen molar-refractivity contribution in [3.8, 4) is 0 Å². The number of carbonyl (C=O) groups excluding carboxylic acids is 1. The zero-order valence-electron chi connectivity index (χ0n) is 7.99. The molecule has 1 fully saturated rings. The minimum Gasteiger partial charge on any atom is -0.480 e. The molecule has 4 heteroatoms. The topological polar surface area (TPSA) is 57.6 Å². The second-order valence-corrected chi connectivity index (χ2v) is 3.45. The predicted octanol–water partition coefficient (Wildman–Crippen LogP) is 0.718. The van der Waals surface area contributed by atoms with Crippen molar-refractivity contribution >= 4 is 11.9 Å². The van der Waals surface area contributed by atoms with Crippen molar-refractivity contribution in [3.63, 3.8) is 0 Å². The lowest BCUT2D eigenvalue weighted by molar-refractivity contribution is -0.148. The number of carboxylic acids is 1. The first-order valence-corrected chi connectivity index (χ1v) is 4.58. The van der Waals surface area contributed by atoms with Crippen LogP contribution in [-0.2, 0) is 9.59 Å². The molecular formula is C9H15NO3. The zero-order chi connectivity index (χ0) is 10.0. The number of aliphatic carboxylic acids is 1. The number of amides is 1. The van der Waals surface area contributed by atoms with Gasteiger partial charge in [0.2, 0.25) is 5.91 Å². The van der Waals surface area contributed by atoms with Crippen molar-refractivity contribution in [3.05, 3.63) is 0 Å². The third-order valence-corrected chi connectivity index (χ3v) is 2.70. The Morgan fingerprint density at radius 2 is 2.15 bits per heavy atom. The molecule has 0 saturated carbocycles. The molecule has 1 aliphatic rings. The van der Waals surface area contributed by atoms with Gasteiger partial charge in [-0.15, -0.1) is 0 Å². The summed E-state index contributed by atoms with van der Waals surface area (Å²) in [6.07, 6.45) is 1.63. The molecule has 1 rings (SSSR count). The molecule has 0 radical (unpaired) electrons. The number of rotatable bonds is 2. The van der Waals surface area contributed by atoms with Crippen LogP contribution >= 0.6 is 0 Å². The highest BCUT2D eigenvalue weighted by molar-refractivity contribution is 5.83. The van der Waals surface area contributed by atoms with Gasteiger partial charge in [0.1, 0.15) is 6.04 Å². The largest absolute Gasteiger partial charge is 0.480 e. The number of nitrogens with zero attached hydrogens (tertiary/aromatic N) is 1. The summed E-state index contributed by atoms with van der Waals surface area (Å²) in [6.45, 7) is 3.98. The highest BCUT2D eigenvalue weighted by atomic mass is 16.4. The van der Waals surface area contributed by atoms with Gasteiger partial charge in [0, 0.05) is 13.5 Å². The fraction of sp³-hybridized carbons (Fsp3) is 0.778. The Morgan fingerprint density at radius 3 is 2.54 bits per heavy atom. The average molecular weight is 185 g/mol. The zero-order valence-corrected chi connectivity index (χ0v) is 7.99. The summed E-state index contributed by atoms with van der Waals surface area (Å²) in [5.41, 5.74) is 0. The Kier molecular flexibility index (Phi) is 2.90. The van der Waals surface area contributed by atoms with E-state index in [4.69, 9.17) is 5.11 Å². The van der Waals surface area contributed by atoms with Gasteiger partial charge in [-0.1, -0.05) is 13.3 Å². The van der Waals surface area contributed by atoms with Crippen LogP contribution in [0, 0.1) is 5.92 Å². The van der Waals surface area contributed by atoms with Gasteiger partial charge >= 0.3 is 5.97 Å². The molecule has 2 unspecified atom stereocenters. The Morgan fingerprint density at radius 1 is 1.54 bits per heavy atom. The van der Waals surface area contributed by atoms with E-state index in [1.807, 2.05) is 6.92 Å². The fourth-order valence-electron chi connectivity index (χ4n) is 1.97. The quantitative estimate of drug-likeness (QED) is 0.689. The molecule has 1 amide bonds. The van der Waals surface area contributed by atoms with Gasteiger partial charge in [-0.25, -0.2) is 4.79 Å². The van der Waals surface area contributed by atoms with Crippen molar-refractivity contribution in [2.45, 2.75) is 32.7 Å². The average Bonchev–Trinajstić information content (AvgIpc) is 2.46. The van der Waals surface area contributed by atoms with E-state index in [9.17, 15) is 9.59 Å². The monoisotopic (exact) mass is 185 g/mol. The van der Waals surface area contributed by atoms with E-state index in [1.54, 1.807) is 0 Å². The molecule has 0 bridgehead atoms. The van der Waals surface area contributed by atoms with Crippen LogP contribution in [0.5, 0.6) is 0 Å². The molecule has 4 nitrogen and oxygen atoms in total. The van der Waals surface area contributed by atoms with E-state index in [-0.39, 0.29) is 11.8 Å². The summed E-state index contributed by atoms with van der Waals surface area (Å²) in [7, 11) is 0. The maximum atomic E-state index is 11.1. The molecule has 13 heavy (non-hydrogen) atoms. The van der Waals surface area contributed by atoms with Gasteiger partial charge in [0.05, 0.1) is 0 Å². The van der Waals surface area contributed by atoms with E-state index >= 15 is 0 Å². The van der Waals surface area contributed by atoms with Crippen LogP contribution in [0.1, 0.15) is 26.7 Å². The van der Waals surface area contributed by atoms with E-state index in [1.165, 1.54) is 11.8 Å². The van der Waals surface area contributed by atoms with Gasteiger partial charge < -0.3 is 10.0 Å². The van der Waals surface area contributed by atoms with Crippen molar-refractivity contribution in [1.29, 1.82) is 0 Å². The number of hydrogen-bond donors (Lipinski definition) is 1. The molecule has 1 saturated heterocycles. The highest BCUT2D eigenvalue weighted by Gasteiger charge is 2.39.